The molecule has 7 heteroatoms. The molecule has 6 nitrogen and oxygen atoms in total. The molecule has 2 heterocycles. The maximum absolute atomic E-state index is 11.6. The van der Waals surface area contributed by atoms with Gasteiger partial charge in [-0.05, 0) is 29.8 Å². The second-order valence-electron chi connectivity index (χ2n) is 3.49. The van der Waals surface area contributed by atoms with Gasteiger partial charge in [-0.15, -0.1) is 0 Å². The van der Waals surface area contributed by atoms with Crippen LogP contribution in [0.4, 0.5) is 0 Å². The molecule has 1 N–H and O–H groups in total. The van der Waals surface area contributed by atoms with Crippen LogP contribution in [0, 0.1) is 13.8 Å². The second kappa shape index (κ2) is 4.33. The van der Waals surface area contributed by atoms with Crippen molar-refractivity contribution < 1.29 is 4.74 Å². The number of nitrogens with zero attached hydrogens (tertiary/aromatic N) is 3. The Labute approximate surface area is 106 Å². The van der Waals surface area contributed by atoms with Crippen LogP contribution >= 0.6 is 15.9 Å². The van der Waals surface area contributed by atoms with Crippen molar-refractivity contribution in [2.24, 2.45) is 0 Å². The maximum atomic E-state index is 11.6. The Morgan fingerprint density at radius 3 is 2.71 bits per heavy atom. The third-order valence-corrected chi connectivity index (χ3v) is 3.55. The largest absolute Gasteiger partial charge is 0.488 e. The van der Waals surface area contributed by atoms with Crippen LogP contribution in [0.1, 0.15) is 11.4 Å². The number of halogens is 1. The van der Waals surface area contributed by atoms with Crippen LogP contribution in [0.25, 0.3) is 5.82 Å². The van der Waals surface area contributed by atoms with Crippen LogP contribution in [0.15, 0.2) is 15.6 Å². The molecule has 0 unspecified atom stereocenters. The van der Waals surface area contributed by atoms with Crippen molar-refractivity contribution in [1.82, 2.24) is 19.7 Å². The molecule has 2 aromatic rings. The molecule has 0 atom stereocenters. The number of H-pyrrole nitrogens is 1. The van der Waals surface area contributed by atoms with Gasteiger partial charge in [0.2, 0.25) is 11.6 Å². The highest BCUT2D eigenvalue weighted by Crippen LogP contribution is 2.24. The van der Waals surface area contributed by atoms with E-state index in [0.717, 1.165) is 15.9 Å². The Morgan fingerprint density at radius 2 is 2.18 bits per heavy atom. The van der Waals surface area contributed by atoms with Gasteiger partial charge < -0.3 is 9.72 Å². The van der Waals surface area contributed by atoms with E-state index in [1.807, 2.05) is 13.8 Å². The summed E-state index contributed by atoms with van der Waals surface area (Å²) in [5.41, 5.74) is 1.35. The lowest BCUT2D eigenvalue weighted by Gasteiger charge is -2.07. The van der Waals surface area contributed by atoms with Crippen LogP contribution in [0.3, 0.4) is 0 Å². The SMILES string of the molecule is COc1c(-n2nc(C)c(Br)c2C)nc[nH]c1=O. The van der Waals surface area contributed by atoms with Gasteiger partial charge in [-0.25, -0.2) is 9.67 Å². The number of methoxy groups -OCH3 is 1. The Balaban J connectivity index is 2.73. The summed E-state index contributed by atoms with van der Waals surface area (Å²) in [7, 11) is 1.43. The normalized spacial score (nSPS) is 10.6. The van der Waals surface area contributed by atoms with E-state index in [4.69, 9.17) is 4.74 Å². The highest BCUT2D eigenvalue weighted by Gasteiger charge is 2.16. The summed E-state index contributed by atoms with van der Waals surface area (Å²) in [6.45, 7) is 3.75. The standard InChI is InChI=1S/C10H11BrN4O2/c1-5-7(11)6(2)15(14-5)9-8(17-3)10(16)13-4-12-9/h4H,1-3H3,(H,12,13,16). The molecule has 0 aliphatic rings. The average Bonchev–Trinajstić information content (AvgIpc) is 2.56. The lowest BCUT2D eigenvalue weighted by atomic mass is 10.4. The molecule has 17 heavy (non-hydrogen) atoms. The number of aromatic amines is 1. The van der Waals surface area contributed by atoms with Crippen molar-refractivity contribution in [2.75, 3.05) is 7.11 Å². The van der Waals surface area contributed by atoms with Gasteiger partial charge in [-0.3, -0.25) is 4.79 Å². The summed E-state index contributed by atoms with van der Waals surface area (Å²) in [5.74, 6) is 0.521. The molecule has 0 saturated carbocycles. The quantitative estimate of drug-likeness (QED) is 0.908. The zero-order chi connectivity index (χ0) is 12.6. The number of aryl methyl sites for hydroxylation is 1. The maximum Gasteiger partial charge on any atom is 0.295 e. The Morgan fingerprint density at radius 1 is 1.47 bits per heavy atom. The zero-order valence-corrected chi connectivity index (χ0v) is 11.2. The molecule has 0 aromatic carbocycles. The van der Waals surface area contributed by atoms with Gasteiger partial charge in [0.15, 0.2) is 0 Å². The number of rotatable bonds is 2. The summed E-state index contributed by atoms with van der Waals surface area (Å²) in [6.07, 6.45) is 1.32. The topological polar surface area (TPSA) is 72.8 Å². The predicted molar refractivity (Wildman–Crippen MR) is 65.7 cm³/mol. The monoisotopic (exact) mass is 298 g/mol. The minimum absolute atomic E-state index is 0.144. The first-order chi connectivity index (χ1) is 8.06. The summed E-state index contributed by atoms with van der Waals surface area (Å²) in [4.78, 5) is 18.1. The number of aromatic nitrogens is 4. The van der Waals surface area contributed by atoms with Crippen LogP contribution in [0.5, 0.6) is 5.75 Å². The summed E-state index contributed by atoms with van der Waals surface area (Å²) >= 11 is 3.42. The third-order valence-electron chi connectivity index (χ3n) is 2.40. The minimum atomic E-state index is -0.332. The van der Waals surface area contributed by atoms with Gasteiger partial charge in [0.1, 0.15) is 0 Å². The van der Waals surface area contributed by atoms with E-state index < -0.39 is 0 Å². The van der Waals surface area contributed by atoms with Crippen molar-refractivity contribution in [3.63, 3.8) is 0 Å². The molecule has 0 radical (unpaired) electrons. The molecule has 0 fully saturated rings. The van der Waals surface area contributed by atoms with E-state index in [2.05, 4.69) is 31.0 Å². The van der Waals surface area contributed by atoms with Crippen LogP contribution in [-0.4, -0.2) is 26.9 Å². The number of hydrogen-bond donors (Lipinski definition) is 1. The van der Waals surface area contributed by atoms with Crippen molar-refractivity contribution in [3.05, 3.63) is 32.5 Å². The highest BCUT2D eigenvalue weighted by molar-refractivity contribution is 9.10. The summed E-state index contributed by atoms with van der Waals surface area (Å²) < 4.78 is 7.52. The average molecular weight is 299 g/mol. The molecule has 0 spiro atoms. The van der Waals surface area contributed by atoms with E-state index in [1.54, 1.807) is 4.68 Å². The first-order valence-corrected chi connectivity index (χ1v) is 5.69. The first-order valence-electron chi connectivity index (χ1n) is 4.90. The number of nitrogens with one attached hydrogen (secondary N) is 1. The molecule has 90 valence electrons. The fourth-order valence-electron chi connectivity index (χ4n) is 1.54. The first kappa shape index (κ1) is 11.8. The van der Waals surface area contributed by atoms with Crippen LogP contribution < -0.4 is 10.3 Å². The molecular weight excluding hydrogens is 288 g/mol. The predicted octanol–water partition coefficient (Wildman–Crippen LogP) is 1.34. The van der Waals surface area contributed by atoms with Gasteiger partial charge in [0.05, 0.1) is 29.3 Å². The minimum Gasteiger partial charge on any atom is -0.488 e. The molecule has 2 rings (SSSR count). The van der Waals surface area contributed by atoms with Crippen molar-refractivity contribution in [2.45, 2.75) is 13.8 Å². The van der Waals surface area contributed by atoms with E-state index in [9.17, 15) is 4.79 Å². The molecule has 0 aliphatic carbocycles. The molecule has 0 aliphatic heterocycles. The third kappa shape index (κ3) is 1.86. The van der Waals surface area contributed by atoms with E-state index in [0.29, 0.717) is 5.82 Å². The molecule has 0 saturated heterocycles. The van der Waals surface area contributed by atoms with Gasteiger partial charge in [-0.2, -0.15) is 5.10 Å². The molecule has 2 aromatic heterocycles. The smallest absolute Gasteiger partial charge is 0.295 e. The molecule has 0 bridgehead atoms. The Bertz CT molecular complexity index is 617. The molecular formula is C10H11BrN4O2. The zero-order valence-electron chi connectivity index (χ0n) is 9.61. The molecule has 0 amide bonds. The highest BCUT2D eigenvalue weighted by atomic mass is 79.9. The fourth-order valence-corrected chi connectivity index (χ4v) is 1.79. The summed E-state index contributed by atoms with van der Waals surface area (Å²) in [6, 6.07) is 0. The summed E-state index contributed by atoms with van der Waals surface area (Å²) in [5, 5.41) is 4.30. The van der Waals surface area contributed by atoms with Crippen LogP contribution in [-0.2, 0) is 0 Å². The van der Waals surface area contributed by atoms with Gasteiger partial charge in [0, 0.05) is 0 Å². The second-order valence-corrected chi connectivity index (χ2v) is 4.28. The van der Waals surface area contributed by atoms with Gasteiger partial charge >= 0.3 is 0 Å². The van der Waals surface area contributed by atoms with Crippen molar-refractivity contribution in [1.29, 1.82) is 0 Å². The lowest BCUT2D eigenvalue weighted by Crippen LogP contribution is -2.15. The lowest BCUT2D eigenvalue weighted by molar-refractivity contribution is 0.402. The Kier molecular flexibility index (Phi) is 3.01. The van der Waals surface area contributed by atoms with E-state index in [1.165, 1.54) is 13.4 Å². The van der Waals surface area contributed by atoms with E-state index in [-0.39, 0.29) is 11.3 Å². The Hall–Kier alpha value is -1.63. The number of hydrogen-bond acceptors (Lipinski definition) is 4. The van der Waals surface area contributed by atoms with Crippen molar-refractivity contribution in [3.8, 4) is 11.6 Å². The van der Waals surface area contributed by atoms with Crippen LogP contribution in [0.2, 0.25) is 0 Å². The van der Waals surface area contributed by atoms with Gasteiger partial charge in [-0.1, -0.05) is 0 Å². The fraction of sp³-hybridized carbons (Fsp3) is 0.300. The van der Waals surface area contributed by atoms with Gasteiger partial charge in [0.25, 0.3) is 5.56 Å². The number of ether oxygens (including phenoxy) is 1. The van der Waals surface area contributed by atoms with E-state index >= 15 is 0 Å². The van der Waals surface area contributed by atoms with Crippen molar-refractivity contribution >= 4 is 15.9 Å².